The molecule has 0 saturated carbocycles. The summed E-state index contributed by atoms with van der Waals surface area (Å²) in [4.78, 5) is 0. The highest BCUT2D eigenvalue weighted by atomic mass is 15.1. The van der Waals surface area contributed by atoms with Crippen LogP contribution in [0.3, 0.4) is 0 Å². The van der Waals surface area contributed by atoms with E-state index in [9.17, 15) is 0 Å². The first-order chi connectivity index (χ1) is 4.31. The van der Waals surface area contributed by atoms with Gasteiger partial charge in [0, 0.05) is 6.21 Å². The van der Waals surface area contributed by atoms with Crippen molar-refractivity contribution in [2.75, 3.05) is 0 Å². The highest BCUT2D eigenvalue weighted by Gasteiger charge is 1.76. The van der Waals surface area contributed by atoms with E-state index >= 15 is 0 Å². The summed E-state index contributed by atoms with van der Waals surface area (Å²) < 4.78 is 0. The van der Waals surface area contributed by atoms with Gasteiger partial charge in [0.05, 0.1) is 0 Å². The Labute approximate surface area is 55.8 Å². The zero-order valence-electron chi connectivity index (χ0n) is 5.67. The summed E-state index contributed by atoms with van der Waals surface area (Å²) in [6.07, 6.45) is 6.15. The first-order valence-corrected chi connectivity index (χ1v) is 2.89. The molecule has 0 amide bonds. The van der Waals surface area contributed by atoms with Crippen LogP contribution in [-0.4, -0.2) is 6.21 Å². The lowest BCUT2D eigenvalue weighted by molar-refractivity contribution is 1.16. The zero-order chi connectivity index (χ0) is 7.11. The first-order valence-electron chi connectivity index (χ1n) is 2.89. The van der Waals surface area contributed by atoms with Crippen molar-refractivity contribution in [2.24, 2.45) is 10.9 Å². The molecule has 0 aromatic heterocycles. The van der Waals surface area contributed by atoms with E-state index in [0.29, 0.717) is 0 Å². The number of allylic oxidation sites excluding steroid dienone is 3. The zero-order valence-corrected chi connectivity index (χ0v) is 5.67. The molecule has 9 heavy (non-hydrogen) atoms. The van der Waals surface area contributed by atoms with Crippen molar-refractivity contribution in [1.82, 2.24) is 0 Å². The molecular formula is C7H12N2. The molecule has 2 nitrogen and oxygen atoms in total. The van der Waals surface area contributed by atoms with E-state index in [2.05, 4.69) is 11.7 Å². The van der Waals surface area contributed by atoms with Gasteiger partial charge in [-0.2, -0.15) is 5.10 Å². The molecule has 0 radical (unpaired) electrons. The van der Waals surface area contributed by atoms with Crippen molar-refractivity contribution in [3.05, 3.63) is 24.3 Å². The lowest BCUT2D eigenvalue weighted by Crippen LogP contribution is -1.78. The van der Waals surface area contributed by atoms with Crippen LogP contribution in [0.1, 0.15) is 13.3 Å². The van der Waals surface area contributed by atoms with Crippen LogP contribution in [0.5, 0.6) is 0 Å². The molecule has 0 aromatic carbocycles. The van der Waals surface area contributed by atoms with E-state index in [0.717, 1.165) is 12.0 Å². The minimum absolute atomic E-state index is 0.967. The van der Waals surface area contributed by atoms with Crippen molar-refractivity contribution >= 4 is 6.21 Å². The Morgan fingerprint density at radius 1 is 1.78 bits per heavy atom. The van der Waals surface area contributed by atoms with Gasteiger partial charge in [-0.05, 0) is 12.5 Å². The van der Waals surface area contributed by atoms with Crippen molar-refractivity contribution in [3.8, 4) is 0 Å². The summed E-state index contributed by atoms with van der Waals surface area (Å²) >= 11 is 0. The molecule has 0 fully saturated rings. The van der Waals surface area contributed by atoms with Crippen LogP contribution in [-0.2, 0) is 0 Å². The Kier molecular flexibility index (Phi) is 4.50. The van der Waals surface area contributed by atoms with Crippen LogP contribution in [0.25, 0.3) is 0 Å². The molecule has 0 spiro atoms. The van der Waals surface area contributed by atoms with Gasteiger partial charge in [0.15, 0.2) is 0 Å². The molecule has 0 aliphatic carbocycles. The van der Waals surface area contributed by atoms with Gasteiger partial charge in [0.2, 0.25) is 0 Å². The van der Waals surface area contributed by atoms with Gasteiger partial charge in [0.1, 0.15) is 0 Å². The smallest absolute Gasteiger partial charge is 0.0465 e. The van der Waals surface area contributed by atoms with Gasteiger partial charge in [-0.1, -0.05) is 25.2 Å². The summed E-state index contributed by atoms with van der Waals surface area (Å²) in [6, 6.07) is 0. The maximum Gasteiger partial charge on any atom is 0.0465 e. The molecule has 0 atom stereocenters. The molecule has 2 N–H and O–H groups in total. The van der Waals surface area contributed by atoms with Crippen molar-refractivity contribution < 1.29 is 0 Å². The minimum atomic E-state index is 0.967. The monoisotopic (exact) mass is 124 g/mol. The Balaban J connectivity index is 3.57. The molecule has 0 heterocycles. The predicted molar refractivity (Wildman–Crippen MR) is 41.3 cm³/mol. The molecule has 0 bridgehead atoms. The highest BCUT2D eigenvalue weighted by Crippen LogP contribution is 1.95. The molecule has 50 valence electrons. The fourth-order valence-corrected chi connectivity index (χ4v) is 0.347. The van der Waals surface area contributed by atoms with Crippen LogP contribution in [0.2, 0.25) is 0 Å². The van der Waals surface area contributed by atoms with Crippen LogP contribution in [0, 0.1) is 0 Å². The molecule has 0 saturated heterocycles. The number of hydrogen-bond acceptors (Lipinski definition) is 2. The summed E-state index contributed by atoms with van der Waals surface area (Å²) in [7, 11) is 0. The van der Waals surface area contributed by atoms with E-state index in [4.69, 9.17) is 5.84 Å². The highest BCUT2D eigenvalue weighted by molar-refractivity contribution is 5.71. The second kappa shape index (κ2) is 5.09. The summed E-state index contributed by atoms with van der Waals surface area (Å²) in [5, 5.41) is 3.29. The fourth-order valence-electron chi connectivity index (χ4n) is 0.347. The average Bonchev–Trinajstić information content (AvgIpc) is 1.89. The second-order valence-corrected chi connectivity index (χ2v) is 1.67. The van der Waals surface area contributed by atoms with Gasteiger partial charge in [0.25, 0.3) is 0 Å². The number of hydrazone groups is 1. The number of nitrogens with zero attached hydrogens (tertiary/aromatic N) is 1. The van der Waals surface area contributed by atoms with Crippen LogP contribution in [0.15, 0.2) is 29.4 Å². The van der Waals surface area contributed by atoms with E-state index in [-0.39, 0.29) is 0 Å². The normalized spacial score (nSPS) is 11.2. The Bertz CT molecular complexity index is 134. The van der Waals surface area contributed by atoms with Crippen molar-refractivity contribution in [3.63, 3.8) is 0 Å². The first kappa shape index (κ1) is 7.95. The SMILES string of the molecule is C=C(/C=C\C=N/N)CC. The van der Waals surface area contributed by atoms with Gasteiger partial charge in [-0.25, -0.2) is 0 Å². The summed E-state index contributed by atoms with van der Waals surface area (Å²) in [5.41, 5.74) is 1.08. The number of hydrogen-bond donors (Lipinski definition) is 1. The van der Waals surface area contributed by atoms with E-state index < -0.39 is 0 Å². The van der Waals surface area contributed by atoms with Crippen LogP contribution >= 0.6 is 0 Å². The predicted octanol–water partition coefficient (Wildman–Crippen LogP) is 1.45. The third kappa shape index (κ3) is 4.81. The van der Waals surface area contributed by atoms with Gasteiger partial charge < -0.3 is 5.84 Å². The topological polar surface area (TPSA) is 38.4 Å². The Morgan fingerprint density at radius 3 is 2.89 bits per heavy atom. The quantitative estimate of drug-likeness (QED) is 0.263. The van der Waals surface area contributed by atoms with Crippen molar-refractivity contribution in [2.45, 2.75) is 13.3 Å². The lowest BCUT2D eigenvalue weighted by atomic mass is 10.2. The molecule has 0 aliphatic heterocycles. The summed E-state index contributed by atoms with van der Waals surface area (Å²) in [6.45, 7) is 5.80. The summed E-state index contributed by atoms with van der Waals surface area (Å²) in [5.74, 6) is 4.84. The Hall–Kier alpha value is -1.05. The van der Waals surface area contributed by atoms with Crippen LogP contribution < -0.4 is 5.84 Å². The van der Waals surface area contributed by atoms with Crippen molar-refractivity contribution in [1.29, 1.82) is 0 Å². The van der Waals surface area contributed by atoms with Gasteiger partial charge in [-0.15, -0.1) is 0 Å². The maximum absolute atomic E-state index is 4.84. The molecule has 0 aliphatic rings. The molecular weight excluding hydrogens is 112 g/mol. The average molecular weight is 124 g/mol. The number of nitrogens with two attached hydrogens (primary N) is 1. The fraction of sp³-hybridized carbons (Fsp3) is 0.286. The van der Waals surface area contributed by atoms with E-state index in [1.54, 1.807) is 6.08 Å². The third-order valence-electron chi connectivity index (χ3n) is 0.958. The standard InChI is InChI=1S/C7H12N2/c1-3-7(2)5-4-6-9-8/h4-6H,2-3,8H2,1H3/b5-4-,9-6-. The number of rotatable bonds is 3. The largest absolute Gasteiger partial charge is 0.323 e. The molecule has 0 unspecified atom stereocenters. The van der Waals surface area contributed by atoms with Gasteiger partial charge >= 0.3 is 0 Å². The maximum atomic E-state index is 4.84. The lowest BCUT2D eigenvalue weighted by Gasteiger charge is -1.86. The van der Waals surface area contributed by atoms with E-state index in [1.807, 2.05) is 13.0 Å². The van der Waals surface area contributed by atoms with Gasteiger partial charge in [-0.3, -0.25) is 0 Å². The third-order valence-corrected chi connectivity index (χ3v) is 0.958. The van der Waals surface area contributed by atoms with Crippen LogP contribution in [0.4, 0.5) is 0 Å². The minimum Gasteiger partial charge on any atom is -0.323 e. The molecule has 2 heteroatoms. The second-order valence-electron chi connectivity index (χ2n) is 1.67. The van der Waals surface area contributed by atoms with E-state index in [1.165, 1.54) is 6.21 Å². The Morgan fingerprint density at radius 2 is 2.44 bits per heavy atom. The molecule has 0 aromatic rings. The molecule has 0 rings (SSSR count).